The number of hydrogen-bond donors (Lipinski definition) is 1. The van der Waals surface area contributed by atoms with Crippen molar-refractivity contribution in [1.29, 1.82) is 0 Å². The van der Waals surface area contributed by atoms with E-state index in [1.54, 1.807) is 23.1 Å². The molecule has 5 rings (SSSR count). The van der Waals surface area contributed by atoms with Crippen molar-refractivity contribution in [3.05, 3.63) is 77.7 Å². The van der Waals surface area contributed by atoms with Gasteiger partial charge in [0.1, 0.15) is 0 Å². The molecule has 33 heavy (non-hydrogen) atoms. The minimum absolute atomic E-state index is 0.0308. The average Bonchev–Trinajstić information content (AvgIpc) is 3.36. The lowest BCUT2D eigenvalue weighted by Crippen LogP contribution is -2.23. The van der Waals surface area contributed by atoms with E-state index in [0.717, 1.165) is 11.1 Å². The lowest BCUT2D eigenvalue weighted by Gasteiger charge is -2.12. The van der Waals surface area contributed by atoms with Crippen molar-refractivity contribution in [3.8, 4) is 11.3 Å². The van der Waals surface area contributed by atoms with Gasteiger partial charge in [-0.1, -0.05) is 36.4 Å². The van der Waals surface area contributed by atoms with Crippen LogP contribution in [-0.2, 0) is 16.4 Å². The van der Waals surface area contributed by atoms with Gasteiger partial charge in [0.25, 0.3) is 5.91 Å². The SMILES string of the molecule is Cc1nn([C@H]2CCS(=O)(=O)C2)c2nc(-c3ccccc3)cc(C(=O)NCc3cccnc3)c12. The molecule has 168 valence electrons. The second-order valence-electron chi connectivity index (χ2n) is 8.25. The van der Waals surface area contributed by atoms with E-state index in [9.17, 15) is 13.2 Å². The maximum Gasteiger partial charge on any atom is 0.252 e. The molecule has 1 atom stereocenters. The standard InChI is InChI=1S/C24H23N5O3S/c1-16-22-20(24(30)26-14-17-6-5-10-25-13-17)12-21(18-7-3-2-4-8-18)27-23(22)29(28-16)19-9-11-33(31,32)15-19/h2-8,10,12-13,19H,9,11,14-15H2,1H3,(H,26,30)/t19-/m0/s1. The lowest BCUT2D eigenvalue weighted by atomic mass is 10.0. The first-order valence-corrected chi connectivity index (χ1v) is 12.6. The first-order valence-electron chi connectivity index (χ1n) is 10.7. The predicted molar refractivity (Wildman–Crippen MR) is 125 cm³/mol. The molecule has 1 aliphatic rings. The van der Waals surface area contributed by atoms with Gasteiger partial charge < -0.3 is 5.32 Å². The van der Waals surface area contributed by atoms with Crippen LogP contribution in [0.15, 0.2) is 60.9 Å². The van der Waals surface area contributed by atoms with E-state index in [1.807, 2.05) is 49.4 Å². The molecule has 0 radical (unpaired) electrons. The van der Waals surface area contributed by atoms with Crippen LogP contribution in [-0.4, -0.2) is 45.6 Å². The number of aryl methyl sites for hydroxylation is 1. The molecule has 1 fully saturated rings. The van der Waals surface area contributed by atoms with Gasteiger partial charge in [0.2, 0.25) is 0 Å². The van der Waals surface area contributed by atoms with Gasteiger partial charge in [0.05, 0.1) is 39.9 Å². The summed E-state index contributed by atoms with van der Waals surface area (Å²) >= 11 is 0. The maximum absolute atomic E-state index is 13.3. The minimum Gasteiger partial charge on any atom is -0.348 e. The molecule has 3 aromatic heterocycles. The van der Waals surface area contributed by atoms with Gasteiger partial charge in [-0.3, -0.25) is 9.78 Å². The molecule has 0 aliphatic carbocycles. The summed E-state index contributed by atoms with van der Waals surface area (Å²) in [6, 6.07) is 14.8. The summed E-state index contributed by atoms with van der Waals surface area (Å²) in [6.07, 6.45) is 3.88. The number of hydrogen-bond acceptors (Lipinski definition) is 6. The fourth-order valence-electron chi connectivity index (χ4n) is 4.25. The van der Waals surface area contributed by atoms with Crippen molar-refractivity contribution in [2.24, 2.45) is 0 Å². The lowest BCUT2D eigenvalue weighted by molar-refractivity contribution is 0.0952. The maximum atomic E-state index is 13.3. The molecule has 4 heterocycles. The third kappa shape index (κ3) is 4.23. The van der Waals surface area contributed by atoms with Gasteiger partial charge in [-0.15, -0.1) is 0 Å². The van der Waals surface area contributed by atoms with Gasteiger partial charge in [-0.05, 0) is 31.0 Å². The van der Waals surface area contributed by atoms with Crippen LogP contribution >= 0.6 is 0 Å². The highest BCUT2D eigenvalue weighted by Gasteiger charge is 2.32. The van der Waals surface area contributed by atoms with Crippen molar-refractivity contribution >= 4 is 26.8 Å². The van der Waals surface area contributed by atoms with Crippen molar-refractivity contribution in [1.82, 2.24) is 25.1 Å². The van der Waals surface area contributed by atoms with Gasteiger partial charge in [0.15, 0.2) is 15.5 Å². The predicted octanol–water partition coefficient (Wildman–Crippen LogP) is 3.09. The molecular weight excluding hydrogens is 438 g/mol. The normalized spacial score (nSPS) is 17.3. The zero-order valence-corrected chi connectivity index (χ0v) is 18.9. The zero-order valence-electron chi connectivity index (χ0n) is 18.1. The molecule has 1 aliphatic heterocycles. The first kappa shape index (κ1) is 21.3. The topological polar surface area (TPSA) is 107 Å². The molecule has 0 spiro atoms. The molecule has 9 heteroatoms. The summed E-state index contributed by atoms with van der Waals surface area (Å²) in [5.74, 6) is -0.0807. The highest BCUT2D eigenvalue weighted by atomic mass is 32.2. The number of sulfone groups is 1. The van der Waals surface area contributed by atoms with Crippen LogP contribution < -0.4 is 5.32 Å². The van der Waals surface area contributed by atoms with E-state index >= 15 is 0 Å². The molecule has 0 unspecified atom stereocenters. The Morgan fingerprint density at radius 2 is 2.00 bits per heavy atom. The number of rotatable bonds is 5. The van der Waals surface area contributed by atoms with E-state index < -0.39 is 9.84 Å². The number of carbonyl (C=O) groups excluding carboxylic acids is 1. The minimum atomic E-state index is -3.10. The monoisotopic (exact) mass is 461 g/mol. The van der Waals surface area contributed by atoms with E-state index in [2.05, 4.69) is 15.4 Å². The number of amides is 1. The van der Waals surface area contributed by atoms with Gasteiger partial charge >= 0.3 is 0 Å². The van der Waals surface area contributed by atoms with Crippen molar-refractivity contribution in [2.75, 3.05) is 11.5 Å². The molecule has 0 bridgehead atoms. The van der Waals surface area contributed by atoms with E-state index in [4.69, 9.17) is 4.98 Å². The van der Waals surface area contributed by atoms with Crippen LogP contribution in [0.25, 0.3) is 22.3 Å². The molecule has 1 aromatic carbocycles. The fourth-order valence-corrected chi connectivity index (χ4v) is 5.94. The number of aromatic nitrogens is 4. The van der Waals surface area contributed by atoms with E-state index in [0.29, 0.717) is 41.0 Å². The smallest absolute Gasteiger partial charge is 0.252 e. The Hall–Kier alpha value is -3.59. The van der Waals surface area contributed by atoms with Crippen molar-refractivity contribution in [2.45, 2.75) is 25.9 Å². The number of carbonyl (C=O) groups is 1. The molecule has 0 saturated carbocycles. The summed E-state index contributed by atoms with van der Waals surface area (Å²) < 4.78 is 25.9. The molecule has 1 N–H and O–H groups in total. The third-order valence-electron chi connectivity index (χ3n) is 5.88. The van der Waals surface area contributed by atoms with Crippen molar-refractivity contribution < 1.29 is 13.2 Å². The Bertz CT molecular complexity index is 1430. The largest absolute Gasteiger partial charge is 0.348 e. The summed E-state index contributed by atoms with van der Waals surface area (Å²) in [5.41, 5.74) is 4.03. The van der Waals surface area contributed by atoms with Crippen LogP contribution in [0.4, 0.5) is 0 Å². The average molecular weight is 462 g/mol. The summed E-state index contributed by atoms with van der Waals surface area (Å²) in [7, 11) is -3.10. The Kier molecular flexibility index (Phi) is 5.41. The molecule has 8 nitrogen and oxygen atoms in total. The Balaban J connectivity index is 1.61. The van der Waals surface area contributed by atoms with Gasteiger partial charge in [-0.25, -0.2) is 18.1 Å². The summed E-state index contributed by atoms with van der Waals surface area (Å²) in [5, 5.41) is 8.24. The van der Waals surface area contributed by atoms with Crippen LogP contribution in [0.2, 0.25) is 0 Å². The second-order valence-corrected chi connectivity index (χ2v) is 10.5. The Labute approximate surface area is 191 Å². The van der Waals surface area contributed by atoms with Gasteiger partial charge in [0, 0.05) is 24.5 Å². The number of benzene rings is 1. The molecular formula is C24H23N5O3S. The van der Waals surface area contributed by atoms with Crippen molar-refractivity contribution in [3.63, 3.8) is 0 Å². The zero-order chi connectivity index (χ0) is 23.0. The van der Waals surface area contributed by atoms with E-state index in [1.165, 1.54) is 0 Å². The summed E-state index contributed by atoms with van der Waals surface area (Å²) in [6.45, 7) is 2.16. The van der Waals surface area contributed by atoms with Crippen LogP contribution in [0.5, 0.6) is 0 Å². The first-order chi connectivity index (χ1) is 15.9. The third-order valence-corrected chi connectivity index (χ3v) is 7.63. The fraction of sp³-hybridized carbons (Fsp3) is 0.250. The summed E-state index contributed by atoms with van der Waals surface area (Å²) in [4.78, 5) is 22.2. The Morgan fingerprint density at radius 1 is 1.18 bits per heavy atom. The molecule has 1 saturated heterocycles. The Morgan fingerprint density at radius 3 is 2.70 bits per heavy atom. The number of fused-ring (bicyclic) bond motifs is 1. The number of nitrogens with one attached hydrogen (secondary N) is 1. The van der Waals surface area contributed by atoms with Crippen LogP contribution in [0.3, 0.4) is 0 Å². The van der Waals surface area contributed by atoms with Gasteiger partial charge in [-0.2, -0.15) is 5.10 Å². The van der Waals surface area contributed by atoms with E-state index in [-0.39, 0.29) is 23.5 Å². The quantitative estimate of drug-likeness (QED) is 0.489. The highest BCUT2D eigenvalue weighted by Crippen LogP contribution is 2.32. The highest BCUT2D eigenvalue weighted by molar-refractivity contribution is 7.91. The number of pyridine rings is 2. The molecule has 1 amide bonds. The molecule has 4 aromatic rings. The van der Waals surface area contributed by atoms with Crippen LogP contribution in [0.1, 0.15) is 34.1 Å². The number of nitrogens with zero attached hydrogens (tertiary/aromatic N) is 4. The second kappa shape index (κ2) is 8.40. The van der Waals surface area contributed by atoms with Crippen LogP contribution in [0, 0.1) is 6.92 Å².